The molecule has 1 aliphatic rings. The van der Waals surface area contributed by atoms with E-state index < -0.39 is 0 Å². The summed E-state index contributed by atoms with van der Waals surface area (Å²) in [5, 5.41) is 3.39. The van der Waals surface area contributed by atoms with Gasteiger partial charge in [-0.1, -0.05) is 20.8 Å². The summed E-state index contributed by atoms with van der Waals surface area (Å²) in [4.78, 5) is 16.8. The molecule has 0 aromatic rings. The Morgan fingerprint density at radius 2 is 2.00 bits per heavy atom. The van der Waals surface area contributed by atoms with Crippen molar-refractivity contribution in [3.8, 4) is 0 Å². The molecule has 0 aromatic heterocycles. The number of carbonyl (C=O) groups is 1. The van der Waals surface area contributed by atoms with E-state index in [1.165, 1.54) is 6.42 Å². The summed E-state index contributed by atoms with van der Waals surface area (Å²) < 4.78 is 0. The number of piperidine rings is 1. The minimum absolute atomic E-state index is 0.0321. The molecule has 0 aromatic carbocycles. The standard InChI is InChI=1S/C15H31N3O/c1-12(2)11-18(9-8-17(4)5)15(19)14-10-13(3)6-7-16-14/h12-14,16H,6-11H2,1-5H3. The van der Waals surface area contributed by atoms with Crippen LogP contribution in [-0.2, 0) is 4.79 Å². The minimum Gasteiger partial charge on any atom is -0.340 e. The van der Waals surface area contributed by atoms with Crippen LogP contribution >= 0.6 is 0 Å². The fraction of sp³-hybridized carbons (Fsp3) is 0.933. The molecule has 2 unspecified atom stereocenters. The van der Waals surface area contributed by atoms with Crippen LogP contribution in [0.2, 0.25) is 0 Å². The Labute approximate surface area is 118 Å². The molecule has 0 bridgehead atoms. The lowest BCUT2D eigenvalue weighted by Gasteiger charge is -2.33. The van der Waals surface area contributed by atoms with E-state index in [9.17, 15) is 4.79 Å². The van der Waals surface area contributed by atoms with Crippen LogP contribution in [0.4, 0.5) is 0 Å². The second-order valence-electron chi connectivity index (χ2n) is 6.62. The summed E-state index contributed by atoms with van der Waals surface area (Å²) in [6.45, 7) is 10.2. The molecule has 0 spiro atoms. The van der Waals surface area contributed by atoms with E-state index in [4.69, 9.17) is 0 Å². The maximum absolute atomic E-state index is 12.6. The van der Waals surface area contributed by atoms with Gasteiger partial charge in [0.05, 0.1) is 6.04 Å². The van der Waals surface area contributed by atoms with Gasteiger partial charge in [0.2, 0.25) is 5.91 Å². The highest BCUT2D eigenvalue weighted by Gasteiger charge is 2.28. The first-order valence-corrected chi connectivity index (χ1v) is 7.57. The molecule has 4 heteroatoms. The fourth-order valence-electron chi connectivity index (χ4n) is 2.57. The summed E-state index contributed by atoms with van der Waals surface area (Å²) in [6, 6.07) is 0.0321. The Morgan fingerprint density at radius 1 is 1.32 bits per heavy atom. The Kier molecular flexibility index (Phi) is 6.80. The van der Waals surface area contributed by atoms with Crippen LogP contribution in [-0.4, -0.2) is 62.0 Å². The van der Waals surface area contributed by atoms with Crippen molar-refractivity contribution in [3.63, 3.8) is 0 Å². The first-order valence-electron chi connectivity index (χ1n) is 7.57. The van der Waals surface area contributed by atoms with Gasteiger partial charge in [-0.3, -0.25) is 4.79 Å². The maximum atomic E-state index is 12.6. The van der Waals surface area contributed by atoms with Crippen LogP contribution in [0.25, 0.3) is 0 Å². The fourth-order valence-corrected chi connectivity index (χ4v) is 2.57. The van der Waals surface area contributed by atoms with Gasteiger partial charge in [-0.25, -0.2) is 0 Å². The van der Waals surface area contributed by atoms with Crippen molar-refractivity contribution in [1.82, 2.24) is 15.1 Å². The zero-order valence-electron chi connectivity index (χ0n) is 13.3. The number of nitrogens with zero attached hydrogens (tertiary/aromatic N) is 2. The normalized spacial score (nSPS) is 23.9. The van der Waals surface area contributed by atoms with Gasteiger partial charge in [0.25, 0.3) is 0 Å². The van der Waals surface area contributed by atoms with Crippen LogP contribution < -0.4 is 5.32 Å². The first-order chi connectivity index (χ1) is 8.90. The highest BCUT2D eigenvalue weighted by molar-refractivity contribution is 5.82. The number of rotatable bonds is 6. The lowest BCUT2D eigenvalue weighted by Crippen LogP contribution is -2.52. The quantitative estimate of drug-likeness (QED) is 0.792. The first kappa shape index (κ1) is 16.4. The topological polar surface area (TPSA) is 35.6 Å². The van der Waals surface area contributed by atoms with Crippen LogP contribution in [0, 0.1) is 11.8 Å². The summed E-state index contributed by atoms with van der Waals surface area (Å²) in [5.74, 6) is 1.47. The van der Waals surface area contributed by atoms with Gasteiger partial charge in [0.15, 0.2) is 0 Å². The largest absolute Gasteiger partial charge is 0.340 e. The Balaban J connectivity index is 2.58. The highest BCUT2D eigenvalue weighted by Crippen LogP contribution is 2.17. The van der Waals surface area contributed by atoms with E-state index in [1.54, 1.807) is 0 Å². The van der Waals surface area contributed by atoms with E-state index in [0.29, 0.717) is 17.7 Å². The van der Waals surface area contributed by atoms with Crippen molar-refractivity contribution >= 4 is 5.91 Å². The molecule has 1 N–H and O–H groups in total. The van der Waals surface area contributed by atoms with E-state index in [1.807, 2.05) is 4.90 Å². The van der Waals surface area contributed by atoms with Crippen LogP contribution in [0.1, 0.15) is 33.6 Å². The predicted octanol–water partition coefficient (Wildman–Crippen LogP) is 1.42. The van der Waals surface area contributed by atoms with Gasteiger partial charge >= 0.3 is 0 Å². The smallest absolute Gasteiger partial charge is 0.239 e. The molecule has 1 rings (SSSR count). The second-order valence-corrected chi connectivity index (χ2v) is 6.62. The Bertz CT molecular complexity index is 279. The third-order valence-electron chi connectivity index (χ3n) is 3.68. The van der Waals surface area contributed by atoms with Gasteiger partial charge in [0, 0.05) is 19.6 Å². The van der Waals surface area contributed by atoms with E-state index in [2.05, 4.69) is 45.1 Å². The molecule has 19 heavy (non-hydrogen) atoms. The van der Waals surface area contributed by atoms with Crippen molar-refractivity contribution in [3.05, 3.63) is 0 Å². The third-order valence-corrected chi connectivity index (χ3v) is 3.68. The maximum Gasteiger partial charge on any atom is 0.239 e. The lowest BCUT2D eigenvalue weighted by molar-refractivity contribution is -0.135. The molecule has 1 fully saturated rings. The molecule has 0 saturated carbocycles. The molecule has 2 atom stereocenters. The molecule has 4 nitrogen and oxygen atoms in total. The van der Waals surface area contributed by atoms with Crippen molar-refractivity contribution < 1.29 is 4.79 Å². The van der Waals surface area contributed by atoms with Crippen molar-refractivity contribution in [1.29, 1.82) is 0 Å². The average molecular weight is 269 g/mol. The van der Waals surface area contributed by atoms with Gasteiger partial charge in [-0.05, 0) is 45.3 Å². The lowest BCUT2D eigenvalue weighted by atomic mass is 9.93. The van der Waals surface area contributed by atoms with E-state index in [-0.39, 0.29) is 6.04 Å². The molecule has 1 amide bonds. The Hall–Kier alpha value is -0.610. The van der Waals surface area contributed by atoms with Gasteiger partial charge in [0.1, 0.15) is 0 Å². The monoisotopic (exact) mass is 269 g/mol. The molecule has 1 aliphatic heterocycles. The van der Waals surface area contributed by atoms with Crippen LogP contribution in [0.3, 0.4) is 0 Å². The van der Waals surface area contributed by atoms with Crippen molar-refractivity contribution in [2.75, 3.05) is 40.3 Å². The summed E-state index contributed by atoms with van der Waals surface area (Å²) in [5.41, 5.74) is 0. The molecule has 1 heterocycles. The number of amides is 1. The predicted molar refractivity (Wildman–Crippen MR) is 80.2 cm³/mol. The zero-order chi connectivity index (χ0) is 14.4. The average Bonchev–Trinajstić information content (AvgIpc) is 2.33. The van der Waals surface area contributed by atoms with Crippen molar-refractivity contribution in [2.45, 2.75) is 39.7 Å². The van der Waals surface area contributed by atoms with Gasteiger partial charge in [-0.2, -0.15) is 0 Å². The Morgan fingerprint density at radius 3 is 2.53 bits per heavy atom. The van der Waals surface area contributed by atoms with Gasteiger partial charge < -0.3 is 15.1 Å². The molecule has 1 saturated heterocycles. The van der Waals surface area contributed by atoms with Crippen LogP contribution in [0.15, 0.2) is 0 Å². The number of hydrogen-bond acceptors (Lipinski definition) is 3. The molecule has 112 valence electrons. The zero-order valence-corrected chi connectivity index (χ0v) is 13.3. The highest BCUT2D eigenvalue weighted by atomic mass is 16.2. The number of hydrogen-bond donors (Lipinski definition) is 1. The molecule has 0 aliphatic carbocycles. The summed E-state index contributed by atoms with van der Waals surface area (Å²) in [7, 11) is 4.11. The number of carbonyl (C=O) groups excluding carboxylic acids is 1. The summed E-state index contributed by atoms with van der Waals surface area (Å²) >= 11 is 0. The SMILES string of the molecule is CC(C)CN(CCN(C)C)C(=O)C1CC(C)CCN1. The van der Waals surface area contributed by atoms with Crippen molar-refractivity contribution in [2.24, 2.45) is 11.8 Å². The molecular formula is C15H31N3O. The van der Waals surface area contributed by atoms with Crippen LogP contribution in [0.5, 0.6) is 0 Å². The second kappa shape index (κ2) is 7.85. The van der Waals surface area contributed by atoms with E-state index in [0.717, 1.165) is 32.6 Å². The minimum atomic E-state index is 0.0321. The number of likely N-dealkylation sites (N-methyl/N-ethyl adjacent to an activating group) is 1. The van der Waals surface area contributed by atoms with E-state index >= 15 is 0 Å². The summed E-state index contributed by atoms with van der Waals surface area (Å²) in [6.07, 6.45) is 2.17. The molecular weight excluding hydrogens is 238 g/mol. The third kappa shape index (κ3) is 5.91. The van der Waals surface area contributed by atoms with Gasteiger partial charge in [-0.15, -0.1) is 0 Å². The number of nitrogens with one attached hydrogen (secondary N) is 1. The molecule has 0 radical (unpaired) electrons.